The van der Waals surface area contributed by atoms with Crippen molar-refractivity contribution in [2.24, 2.45) is 5.41 Å². The summed E-state index contributed by atoms with van der Waals surface area (Å²) in [6.45, 7) is 4.04. The van der Waals surface area contributed by atoms with Crippen LogP contribution in [-0.2, 0) is 4.74 Å². The highest BCUT2D eigenvalue weighted by Crippen LogP contribution is 2.25. The van der Waals surface area contributed by atoms with Crippen LogP contribution in [0.25, 0.3) is 0 Å². The molecule has 1 fully saturated rings. The maximum atomic E-state index is 11.8. The number of halogens is 1. The lowest BCUT2D eigenvalue weighted by atomic mass is 9.88. The van der Waals surface area contributed by atoms with Crippen LogP contribution in [0.2, 0.25) is 0 Å². The van der Waals surface area contributed by atoms with Gasteiger partial charge in [0.2, 0.25) is 0 Å². The number of hydrogen-bond donors (Lipinski definition) is 2. The number of phenolic OH excluding ortho intramolecular Hbond substituents is 1. The quantitative estimate of drug-likeness (QED) is 0.820. The van der Waals surface area contributed by atoms with E-state index in [-0.39, 0.29) is 17.1 Å². The van der Waals surface area contributed by atoms with E-state index in [4.69, 9.17) is 4.74 Å². The van der Waals surface area contributed by atoms with Crippen LogP contribution in [0.5, 0.6) is 5.75 Å². The Labute approximate surface area is 113 Å². The maximum Gasteiger partial charge on any atom is 0.251 e. The summed E-state index contributed by atoms with van der Waals surface area (Å²) >= 11 is 2.02. The van der Waals surface area contributed by atoms with Crippen LogP contribution in [0.15, 0.2) is 18.2 Å². The van der Waals surface area contributed by atoms with Gasteiger partial charge in [-0.25, -0.2) is 0 Å². The van der Waals surface area contributed by atoms with Crippen molar-refractivity contribution in [3.05, 3.63) is 27.3 Å². The van der Waals surface area contributed by atoms with Gasteiger partial charge in [0.05, 0.1) is 16.8 Å². The van der Waals surface area contributed by atoms with Gasteiger partial charge in [0.1, 0.15) is 5.75 Å². The molecule has 1 amide bonds. The summed E-state index contributed by atoms with van der Waals surface area (Å²) in [4.78, 5) is 11.8. The predicted molar refractivity (Wildman–Crippen MR) is 72.1 cm³/mol. The summed E-state index contributed by atoms with van der Waals surface area (Å²) in [5.74, 6) is -0.0266. The van der Waals surface area contributed by atoms with E-state index in [1.165, 1.54) is 6.07 Å². The second-order valence-electron chi connectivity index (χ2n) is 4.65. The van der Waals surface area contributed by atoms with Crippen LogP contribution in [-0.4, -0.2) is 30.8 Å². The third kappa shape index (κ3) is 2.90. The Morgan fingerprint density at radius 2 is 2.29 bits per heavy atom. The molecule has 1 saturated heterocycles. The van der Waals surface area contributed by atoms with Gasteiger partial charge in [-0.3, -0.25) is 4.79 Å². The fourth-order valence-electron chi connectivity index (χ4n) is 1.60. The summed E-state index contributed by atoms with van der Waals surface area (Å²) in [6, 6.07) is 4.91. The Morgan fingerprint density at radius 3 is 2.82 bits per heavy atom. The fraction of sp³-hybridized carbons (Fsp3) is 0.417. The molecular weight excluding hydrogens is 333 g/mol. The lowest BCUT2D eigenvalue weighted by Crippen LogP contribution is -2.48. The molecule has 0 saturated carbocycles. The Balaban J connectivity index is 1.97. The highest BCUT2D eigenvalue weighted by atomic mass is 127. The minimum atomic E-state index is -0.162. The minimum absolute atomic E-state index is 0.0565. The maximum absolute atomic E-state index is 11.8. The van der Waals surface area contributed by atoms with E-state index in [9.17, 15) is 9.90 Å². The highest BCUT2D eigenvalue weighted by Gasteiger charge is 2.33. The number of rotatable bonds is 3. The van der Waals surface area contributed by atoms with Gasteiger partial charge in [-0.15, -0.1) is 0 Å². The number of carbonyl (C=O) groups excluding carboxylic acids is 1. The zero-order valence-electron chi connectivity index (χ0n) is 9.50. The van der Waals surface area contributed by atoms with Crippen LogP contribution >= 0.6 is 22.6 Å². The molecule has 1 aromatic carbocycles. The molecule has 5 heteroatoms. The summed E-state index contributed by atoms with van der Waals surface area (Å²) in [5.41, 5.74) is 0.535. The van der Waals surface area contributed by atoms with Gasteiger partial charge in [0, 0.05) is 17.5 Å². The van der Waals surface area contributed by atoms with Gasteiger partial charge in [0.25, 0.3) is 5.91 Å². The normalized spacial score (nSPS) is 17.3. The van der Waals surface area contributed by atoms with Crippen molar-refractivity contribution in [2.75, 3.05) is 19.8 Å². The van der Waals surface area contributed by atoms with Crippen molar-refractivity contribution >= 4 is 28.5 Å². The average Bonchev–Trinajstić information content (AvgIpc) is 2.27. The third-order valence-corrected chi connectivity index (χ3v) is 3.70. The molecule has 2 N–H and O–H groups in total. The van der Waals surface area contributed by atoms with Crippen LogP contribution < -0.4 is 5.32 Å². The van der Waals surface area contributed by atoms with Crippen LogP contribution in [0.1, 0.15) is 17.3 Å². The number of benzene rings is 1. The van der Waals surface area contributed by atoms with E-state index in [0.29, 0.717) is 25.3 Å². The SMILES string of the molecule is CC1(CNC(=O)c2ccc(I)c(O)c2)COC1. The number of ether oxygens (including phenoxy) is 1. The summed E-state index contributed by atoms with van der Waals surface area (Å²) < 4.78 is 5.85. The third-order valence-electron chi connectivity index (χ3n) is 2.79. The first-order chi connectivity index (χ1) is 8.00. The van der Waals surface area contributed by atoms with Crippen molar-refractivity contribution in [1.82, 2.24) is 5.32 Å². The molecule has 0 atom stereocenters. The van der Waals surface area contributed by atoms with E-state index in [0.717, 1.165) is 3.57 Å². The van der Waals surface area contributed by atoms with Crippen molar-refractivity contribution < 1.29 is 14.6 Å². The van der Waals surface area contributed by atoms with E-state index < -0.39 is 0 Å². The highest BCUT2D eigenvalue weighted by molar-refractivity contribution is 14.1. The molecule has 2 rings (SSSR count). The molecule has 1 aliphatic heterocycles. The second kappa shape index (κ2) is 4.81. The first-order valence-corrected chi connectivity index (χ1v) is 6.43. The van der Waals surface area contributed by atoms with Gasteiger partial charge in [0.15, 0.2) is 0 Å². The number of hydrogen-bond acceptors (Lipinski definition) is 3. The Kier molecular flexibility index (Phi) is 3.58. The lowest BCUT2D eigenvalue weighted by molar-refractivity contribution is -0.0978. The average molecular weight is 347 g/mol. The summed E-state index contributed by atoms with van der Waals surface area (Å²) in [5, 5.41) is 12.4. The standard InChI is InChI=1S/C12H14INO3/c1-12(6-17-7-12)5-14-11(16)8-2-3-9(13)10(15)4-8/h2-4,15H,5-7H2,1H3,(H,14,16). The molecule has 0 unspecified atom stereocenters. The van der Waals surface area contributed by atoms with Gasteiger partial charge in [-0.2, -0.15) is 0 Å². The Hall–Kier alpha value is -0.820. The number of nitrogens with one attached hydrogen (secondary N) is 1. The first-order valence-electron chi connectivity index (χ1n) is 5.35. The molecule has 1 heterocycles. The molecule has 0 bridgehead atoms. The number of carbonyl (C=O) groups is 1. The molecular formula is C12H14INO3. The molecule has 1 aromatic rings. The molecule has 92 valence electrons. The molecule has 0 radical (unpaired) electrons. The van der Waals surface area contributed by atoms with Gasteiger partial charge in [-0.1, -0.05) is 6.92 Å². The largest absolute Gasteiger partial charge is 0.507 e. The van der Waals surface area contributed by atoms with Crippen LogP contribution in [0, 0.1) is 8.99 Å². The van der Waals surface area contributed by atoms with Gasteiger partial charge >= 0.3 is 0 Å². The topological polar surface area (TPSA) is 58.6 Å². The van der Waals surface area contributed by atoms with E-state index >= 15 is 0 Å². The summed E-state index contributed by atoms with van der Waals surface area (Å²) in [6.07, 6.45) is 0. The van der Waals surface area contributed by atoms with Gasteiger partial charge in [-0.05, 0) is 40.8 Å². The zero-order valence-corrected chi connectivity index (χ0v) is 11.7. The molecule has 1 aliphatic rings. The van der Waals surface area contributed by atoms with Crippen molar-refractivity contribution in [2.45, 2.75) is 6.92 Å². The Bertz CT molecular complexity index is 443. The smallest absolute Gasteiger partial charge is 0.251 e. The predicted octanol–water partition coefficient (Wildman–Crippen LogP) is 1.76. The van der Waals surface area contributed by atoms with E-state index in [2.05, 4.69) is 12.2 Å². The summed E-state index contributed by atoms with van der Waals surface area (Å²) in [7, 11) is 0. The molecule has 0 spiro atoms. The molecule has 17 heavy (non-hydrogen) atoms. The second-order valence-corrected chi connectivity index (χ2v) is 5.81. The monoisotopic (exact) mass is 347 g/mol. The molecule has 0 aliphatic carbocycles. The number of amides is 1. The number of aromatic hydroxyl groups is 1. The number of phenols is 1. The van der Waals surface area contributed by atoms with Crippen molar-refractivity contribution in [3.8, 4) is 5.75 Å². The minimum Gasteiger partial charge on any atom is -0.507 e. The first kappa shape index (κ1) is 12.6. The van der Waals surface area contributed by atoms with Crippen molar-refractivity contribution in [1.29, 1.82) is 0 Å². The van der Waals surface area contributed by atoms with Crippen LogP contribution in [0.3, 0.4) is 0 Å². The van der Waals surface area contributed by atoms with Crippen LogP contribution in [0.4, 0.5) is 0 Å². The van der Waals surface area contributed by atoms with E-state index in [1.54, 1.807) is 12.1 Å². The molecule has 0 aromatic heterocycles. The lowest BCUT2D eigenvalue weighted by Gasteiger charge is -2.38. The molecule has 4 nitrogen and oxygen atoms in total. The fourth-order valence-corrected chi connectivity index (χ4v) is 1.94. The van der Waals surface area contributed by atoms with Crippen molar-refractivity contribution in [3.63, 3.8) is 0 Å². The van der Waals surface area contributed by atoms with E-state index in [1.807, 2.05) is 22.6 Å². The van der Waals surface area contributed by atoms with Gasteiger partial charge < -0.3 is 15.2 Å². The zero-order chi connectivity index (χ0) is 12.5. The Morgan fingerprint density at radius 1 is 1.59 bits per heavy atom.